The first-order valence-electron chi connectivity index (χ1n) is 6.34. The van der Waals surface area contributed by atoms with Crippen LogP contribution in [0.5, 0.6) is 0 Å². The lowest BCUT2D eigenvalue weighted by molar-refractivity contribution is 0.0981. The molecule has 19 heavy (non-hydrogen) atoms. The molecule has 0 aliphatic carbocycles. The number of halogens is 1. The van der Waals surface area contributed by atoms with E-state index in [1.54, 1.807) is 12.1 Å². The van der Waals surface area contributed by atoms with Crippen LogP contribution in [0.15, 0.2) is 48.5 Å². The molecular formula is C16H14ClNO. The smallest absolute Gasteiger partial charge is 0.260 e. The number of hydrogen-bond donors (Lipinski definition) is 0. The molecule has 2 aromatic carbocycles. The number of para-hydroxylation sites is 1. The van der Waals surface area contributed by atoms with Gasteiger partial charge in [-0.05, 0) is 37.1 Å². The van der Waals surface area contributed by atoms with Crippen LogP contribution in [-0.2, 0) is 6.42 Å². The average Bonchev–Trinajstić information content (AvgIpc) is 2.74. The summed E-state index contributed by atoms with van der Waals surface area (Å²) in [7, 11) is 0. The van der Waals surface area contributed by atoms with Crippen molar-refractivity contribution in [3.8, 4) is 0 Å². The van der Waals surface area contributed by atoms with Gasteiger partial charge in [0, 0.05) is 11.7 Å². The van der Waals surface area contributed by atoms with Crippen molar-refractivity contribution in [3.05, 3.63) is 64.7 Å². The first-order valence-corrected chi connectivity index (χ1v) is 6.72. The number of rotatable bonds is 1. The van der Waals surface area contributed by atoms with Crippen LogP contribution in [0, 0.1) is 0 Å². The molecule has 1 aliphatic heterocycles. The third-order valence-corrected chi connectivity index (χ3v) is 3.86. The Bertz CT molecular complexity index is 638. The number of anilines is 1. The van der Waals surface area contributed by atoms with Crippen molar-refractivity contribution in [2.75, 3.05) is 4.90 Å². The van der Waals surface area contributed by atoms with Gasteiger partial charge < -0.3 is 4.90 Å². The predicted octanol–water partition coefficient (Wildman–Crippen LogP) is 3.93. The van der Waals surface area contributed by atoms with E-state index in [1.807, 2.05) is 35.2 Å². The first kappa shape index (κ1) is 12.2. The SMILES string of the molecule is CC1Cc2ccccc2N1C(=O)c1ccccc1Cl. The van der Waals surface area contributed by atoms with Crippen molar-refractivity contribution in [2.24, 2.45) is 0 Å². The van der Waals surface area contributed by atoms with E-state index in [1.165, 1.54) is 5.56 Å². The maximum atomic E-state index is 12.7. The number of hydrogen-bond acceptors (Lipinski definition) is 1. The second kappa shape index (κ2) is 4.71. The fraction of sp³-hybridized carbons (Fsp3) is 0.188. The standard InChI is InChI=1S/C16H14ClNO/c1-11-10-12-6-2-5-9-15(12)18(11)16(19)13-7-3-4-8-14(13)17/h2-9,11H,10H2,1H3. The van der Waals surface area contributed by atoms with Gasteiger partial charge in [0.1, 0.15) is 0 Å². The molecule has 0 saturated carbocycles. The first-order chi connectivity index (χ1) is 9.18. The molecule has 3 rings (SSSR count). The Morgan fingerprint density at radius 3 is 2.63 bits per heavy atom. The average molecular weight is 272 g/mol. The lowest BCUT2D eigenvalue weighted by atomic mass is 10.1. The van der Waals surface area contributed by atoms with Crippen LogP contribution < -0.4 is 4.90 Å². The number of nitrogens with zero attached hydrogens (tertiary/aromatic N) is 1. The van der Waals surface area contributed by atoms with Crippen molar-refractivity contribution in [1.29, 1.82) is 0 Å². The van der Waals surface area contributed by atoms with Gasteiger partial charge in [-0.2, -0.15) is 0 Å². The van der Waals surface area contributed by atoms with Crippen molar-refractivity contribution in [3.63, 3.8) is 0 Å². The highest BCUT2D eigenvalue weighted by molar-refractivity contribution is 6.34. The lowest BCUT2D eigenvalue weighted by Gasteiger charge is -2.23. The van der Waals surface area contributed by atoms with Gasteiger partial charge in [0.05, 0.1) is 10.6 Å². The van der Waals surface area contributed by atoms with Crippen LogP contribution in [-0.4, -0.2) is 11.9 Å². The molecule has 3 heteroatoms. The van der Waals surface area contributed by atoms with Crippen LogP contribution in [0.3, 0.4) is 0 Å². The van der Waals surface area contributed by atoms with Crippen LogP contribution in [0.1, 0.15) is 22.8 Å². The highest BCUT2D eigenvalue weighted by Crippen LogP contribution is 2.33. The van der Waals surface area contributed by atoms with Crippen molar-refractivity contribution >= 4 is 23.2 Å². The van der Waals surface area contributed by atoms with Gasteiger partial charge >= 0.3 is 0 Å². The van der Waals surface area contributed by atoms with Crippen molar-refractivity contribution < 1.29 is 4.79 Å². The molecule has 1 aliphatic rings. The Balaban J connectivity index is 2.03. The van der Waals surface area contributed by atoms with E-state index in [9.17, 15) is 4.79 Å². The van der Waals surface area contributed by atoms with Crippen LogP contribution in [0.25, 0.3) is 0 Å². The summed E-state index contributed by atoms with van der Waals surface area (Å²) < 4.78 is 0. The Morgan fingerprint density at radius 1 is 1.16 bits per heavy atom. The Hall–Kier alpha value is -1.80. The molecule has 1 atom stereocenters. The van der Waals surface area contributed by atoms with Crippen molar-refractivity contribution in [1.82, 2.24) is 0 Å². The molecule has 2 aromatic rings. The maximum Gasteiger partial charge on any atom is 0.260 e. The second-order valence-corrected chi connectivity index (χ2v) is 5.24. The summed E-state index contributed by atoms with van der Waals surface area (Å²) in [5, 5.41) is 0.504. The van der Waals surface area contributed by atoms with Gasteiger partial charge in [-0.3, -0.25) is 4.79 Å². The summed E-state index contributed by atoms with van der Waals surface area (Å²) in [5.74, 6) is -0.0250. The van der Waals surface area contributed by atoms with Gasteiger partial charge in [-0.25, -0.2) is 0 Å². The quantitative estimate of drug-likeness (QED) is 0.769. The summed E-state index contributed by atoms with van der Waals surface area (Å²) in [5.41, 5.74) is 2.78. The minimum Gasteiger partial charge on any atom is -0.305 e. The van der Waals surface area contributed by atoms with E-state index in [2.05, 4.69) is 13.0 Å². The van der Waals surface area contributed by atoms with Gasteiger partial charge in [-0.15, -0.1) is 0 Å². The van der Waals surface area contributed by atoms with Crippen molar-refractivity contribution in [2.45, 2.75) is 19.4 Å². The molecule has 0 fully saturated rings. The van der Waals surface area contributed by atoms with E-state index in [0.717, 1.165) is 12.1 Å². The maximum absolute atomic E-state index is 12.7. The molecule has 0 bridgehead atoms. The molecule has 1 unspecified atom stereocenters. The summed E-state index contributed by atoms with van der Waals surface area (Å²) >= 11 is 6.12. The molecule has 96 valence electrons. The van der Waals surface area contributed by atoms with E-state index >= 15 is 0 Å². The summed E-state index contributed by atoms with van der Waals surface area (Å²) in [6.45, 7) is 2.06. The fourth-order valence-electron chi connectivity index (χ4n) is 2.64. The predicted molar refractivity (Wildman–Crippen MR) is 77.9 cm³/mol. The molecule has 0 saturated heterocycles. The van der Waals surface area contributed by atoms with Gasteiger partial charge in [-0.1, -0.05) is 41.9 Å². The minimum absolute atomic E-state index is 0.0250. The van der Waals surface area contributed by atoms with E-state index in [0.29, 0.717) is 10.6 Å². The Kier molecular flexibility index (Phi) is 3.03. The zero-order valence-corrected chi connectivity index (χ0v) is 11.4. The third kappa shape index (κ3) is 2.02. The molecule has 0 spiro atoms. The number of amides is 1. The van der Waals surface area contributed by atoms with Gasteiger partial charge in [0.2, 0.25) is 0 Å². The van der Waals surface area contributed by atoms with Crippen LogP contribution >= 0.6 is 11.6 Å². The highest BCUT2D eigenvalue weighted by Gasteiger charge is 2.31. The molecule has 2 nitrogen and oxygen atoms in total. The summed E-state index contributed by atoms with van der Waals surface area (Å²) in [4.78, 5) is 14.5. The molecule has 0 radical (unpaired) electrons. The molecule has 1 heterocycles. The Labute approximate surface area is 117 Å². The number of carbonyl (C=O) groups excluding carboxylic acids is 1. The molecule has 0 N–H and O–H groups in total. The summed E-state index contributed by atoms with van der Waals surface area (Å²) in [6, 6.07) is 15.4. The highest BCUT2D eigenvalue weighted by atomic mass is 35.5. The minimum atomic E-state index is -0.0250. The normalized spacial score (nSPS) is 17.4. The van der Waals surface area contributed by atoms with Gasteiger partial charge in [0.25, 0.3) is 5.91 Å². The van der Waals surface area contributed by atoms with E-state index in [4.69, 9.17) is 11.6 Å². The van der Waals surface area contributed by atoms with E-state index in [-0.39, 0.29) is 11.9 Å². The second-order valence-electron chi connectivity index (χ2n) is 4.84. The molecular weight excluding hydrogens is 258 g/mol. The molecule has 0 aromatic heterocycles. The zero-order valence-electron chi connectivity index (χ0n) is 10.6. The van der Waals surface area contributed by atoms with Gasteiger partial charge in [0.15, 0.2) is 0 Å². The topological polar surface area (TPSA) is 20.3 Å². The van der Waals surface area contributed by atoms with Crippen LogP contribution in [0.2, 0.25) is 5.02 Å². The number of benzene rings is 2. The Morgan fingerprint density at radius 2 is 1.84 bits per heavy atom. The largest absolute Gasteiger partial charge is 0.305 e. The monoisotopic (exact) mass is 271 g/mol. The fourth-order valence-corrected chi connectivity index (χ4v) is 2.86. The van der Waals surface area contributed by atoms with E-state index < -0.39 is 0 Å². The molecule has 1 amide bonds. The lowest BCUT2D eigenvalue weighted by Crippen LogP contribution is -2.35. The van der Waals surface area contributed by atoms with Crippen LogP contribution in [0.4, 0.5) is 5.69 Å². The summed E-state index contributed by atoms with van der Waals surface area (Å²) in [6.07, 6.45) is 0.895. The number of carbonyl (C=O) groups is 1. The number of fused-ring (bicyclic) bond motifs is 1. The third-order valence-electron chi connectivity index (χ3n) is 3.53. The zero-order chi connectivity index (χ0) is 13.4.